The summed E-state index contributed by atoms with van der Waals surface area (Å²) in [7, 11) is 0. The number of ether oxygens (including phenoxy) is 1. The molecule has 2 aromatic rings. The standard InChI is InChI=1S/C15H15IN2O3/c1-10(21-14-8-6-13(19)7-9-14)17-15(20)18-12-4-2-11(16)3-5-12/h2-10,19H,1H3,(H2,17,18,20). The number of halogens is 1. The van der Waals surface area contributed by atoms with Crippen molar-refractivity contribution >= 4 is 34.3 Å². The molecule has 0 radical (unpaired) electrons. The van der Waals surface area contributed by atoms with Crippen LogP contribution in [0.4, 0.5) is 10.5 Å². The van der Waals surface area contributed by atoms with Crippen LogP contribution in [0.2, 0.25) is 0 Å². The molecule has 0 aromatic heterocycles. The molecule has 6 heteroatoms. The third kappa shape index (κ3) is 5.14. The van der Waals surface area contributed by atoms with Crippen LogP contribution in [0.1, 0.15) is 6.92 Å². The van der Waals surface area contributed by atoms with Crippen molar-refractivity contribution < 1.29 is 14.6 Å². The van der Waals surface area contributed by atoms with E-state index in [-0.39, 0.29) is 11.8 Å². The summed E-state index contributed by atoms with van der Waals surface area (Å²) in [5.74, 6) is 0.731. The molecule has 1 atom stereocenters. The Bertz CT molecular complexity index is 599. The van der Waals surface area contributed by atoms with Gasteiger partial charge in [-0.1, -0.05) is 0 Å². The Hall–Kier alpha value is -1.96. The van der Waals surface area contributed by atoms with Gasteiger partial charge in [-0.3, -0.25) is 0 Å². The number of carbonyl (C=O) groups excluding carboxylic acids is 1. The van der Waals surface area contributed by atoms with Gasteiger partial charge in [0.25, 0.3) is 0 Å². The van der Waals surface area contributed by atoms with E-state index >= 15 is 0 Å². The van der Waals surface area contributed by atoms with Crippen LogP contribution in [0.3, 0.4) is 0 Å². The molecule has 5 nitrogen and oxygen atoms in total. The summed E-state index contributed by atoms with van der Waals surface area (Å²) in [4.78, 5) is 11.8. The molecule has 0 heterocycles. The van der Waals surface area contributed by atoms with Gasteiger partial charge in [-0.05, 0) is 78.0 Å². The van der Waals surface area contributed by atoms with E-state index in [1.54, 1.807) is 19.1 Å². The number of anilines is 1. The molecule has 21 heavy (non-hydrogen) atoms. The maximum Gasteiger partial charge on any atom is 0.322 e. The Labute approximate surface area is 136 Å². The Kier molecular flexibility index (Phi) is 5.26. The topological polar surface area (TPSA) is 70.6 Å². The van der Waals surface area contributed by atoms with Gasteiger partial charge >= 0.3 is 6.03 Å². The van der Waals surface area contributed by atoms with Crippen LogP contribution in [0.15, 0.2) is 48.5 Å². The maximum atomic E-state index is 11.8. The van der Waals surface area contributed by atoms with Crippen LogP contribution >= 0.6 is 22.6 Å². The van der Waals surface area contributed by atoms with E-state index in [0.29, 0.717) is 11.4 Å². The van der Waals surface area contributed by atoms with Crippen molar-refractivity contribution in [2.24, 2.45) is 0 Å². The molecule has 0 aliphatic rings. The van der Waals surface area contributed by atoms with Crippen LogP contribution in [-0.2, 0) is 0 Å². The summed E-state index contributed by atoms with van der Waals surface area (Å²) < 4.78 is 6.61. The van der Waals surface area contributed by atoms with Gasteiger partial charge in [0.05, 0.1) is 0 Å². The van der Waals surface area contributed by atoms with Gasteiger partial charge in [0.2, 0.25) is 0 Å². The first-order chi connectivity index (χ1) is 10.0. The average Bonchev–Trinajstić information content (AvgIpc) is 2.44. The molecule has 110 valence electrons. The van der Waals surface area contributed by atoms with E-state index in [2.05, 4.69) is 33.2 Å². The highest BCUT2D eigenvalue weighted by Crippen LogP contribution is 2.16. The first-order valence-electron chi connectivity index (χ1n) is 6.32. The minimum Gasteiger partial charge on any atom is -0.508 e. The Morgan fingerprint density at radius 3 is 2.38 bits per heavy atom. The van der Waals surface area contributed by atoms with Crippen molar-refractivity contribution in [3.8, 4) is 11.5 Å². The van der Waals surface area contributed by atoms with Crippen LogP contribution in [0.25, 0.3) is 0 Å². The highest BCUT2D eigenvalue weighted by molar-refractivity contribution is 14.1. The molecular weight excluding hydrogens is 383 g/mol. The van der Waals surface area contributed by atoms with Crippen molar-refractivity contribution in [2.75, 3.05) is 5.32 Å². The first-order valence-corrected chi connectivity index (χ1v) is 7.39. The number of hydrogen-bond donors (Lipinski definition) is 3. The lowest BCUT2D eigenvalue weighted by Gasteiger charge is -2.16. The fourth-order valence-electron chi connectivity index (χ4n) is 1.64. The predicted molar refractivity (Wildman–Crippen MR) is 89.5 cm³/mol. The Morgan fingerprint density at radius 1 is 1.14 bits per heavy atom. The zero-order chi connectivity index (χ0) is 15.2. The molecular formula is C15H15IN2O3. The zero-order valence-electron chi connectivity index (χ0n) is 11.3. The van der Waals surface area contributed by atoms with Crippen molar-refractivity contribution in [3.63, 3.8) is 0 Å². The van der Waals surface area contributed by atoms with Crippen molar-refractivity contribution in [2.45, 2.75) is 13.2 Å². The van der Waals surface area contributed by atoms with Crippen molar-refractivity contribution in [3.05, 3.63) is 52.1 Å². The second kappa shape index (κ2) is 7.16. The largest absolute Gasteiger partial charge is 0.508 e. The van der Waals surface area contributed by atoms with Gasteiger partial charge in [0.1, 0.15) is 11.5 Å². The number of rotatable bonds is 4. The van der Waals surface area contributed by atoms with Gasteiger partial charge in [0, 0.05) is 9.26 Å². The molecule has 3 N–H and O–H groups in total. The average molecular weight is 398 g/mol. The van der Waals surface area contributed by atoms with Gasteiger partial charge in [-0.15, -0.1) is 0 Å². The van der Waals surface area contributed by atoms with Gasteiger partial charge < -0.3 is 20.5 Å². The maximum absolute atomic E-state index is 11.8. The monoisotopic (exact) mass is 398 g/mol. The van der Waals surface area contributed by atoms with Crippen LogP contribution < -0.4 is 15.4 Å². The number of hydrogen-bond acceptors (Lipinski definition) is 3. The third-order valence-electron chi connectivity index (χ3n) is 2.59. The number of carbonyl (C=O) groups is 1. The third-order valence-corrected chi connectivity index (χ3v) is 3.31. The van der Waals surface area contributed by atoms with E-state index < -0.39 is 6.23 Å². The number of benzene rings is 2. The zero-order valence-corrected chi connectivity index (χ0v) is 13.5. The van der Waals surface area contributed by atoms with Crippen LogP contribution in [0, 0.1) is 3.57 Å². The number of phenols is 1. The normalized spacial score (nSPS) is 11.5. The van der Waals surface area contributed by atoms with Crippen molar-refractivity contribution in [1.82, 2.24) is 5.32 Å². The van der Waals surface area contributed by atoms with E-state index in [1.807, 2.05) is 24.3 Å². The first kappa shape index (κ1) is 15.4. The van der Waals surface area contributed by atoms with Crippen LogP contribution in [0.5, 0.6) is 11.5 Å². The Balaban J connectivity index is 1.84. The van der Waals surface area contributed by atoms with Gasteiger partial charge in [-0.2, -0.15) is 0 Å². The smallest absolute Gasteiger partial charge is 0.322 e. The molecule has 0 aliphatic heterocycles. The highest BCUT2D eigenvalue weighted by Gasteiger charge is 2.08. The molecule has 2 rings (SSSR count). The van der Waals surface area contributed by atoms with Gasteiger partial charge in [-0.25, -0.2) is 4.79 Å². The van der Waals surface area contributed by atoms with E-state index in [1.165, 1.54) is 12.1 Å². The molecule has 0 fully saturated rings. The van der Waals surface area contributed by atoms with E-state index in [4.69, 9.17) is 4.74 Å². The molecule has 0 aliphatic carbocycles. The molecule has 0 bridgehead atoms. The van der Waals surface area contributed by atoms with E-state index in [0.717, 1.165) is 3.57 Å². The van der Waals surface area contributed by atoms with E-state index in [9.17, 15) is 9.90 Å². The van der Waals surface area contributed by atoms with Crippen molar-refractivity contribution in [1.29, 1.82) is 0 Å². The fraction of sp³-hybridized carbons (Fsp3) is 0.133. The molecule has 0 saturated heterocycles. The summed E-state index contributed by atoms with van der Waals surface area (Å²) in [6, 6.07) is 13.4. The summed E-state index contributed by atoms with van der Waals surface area (Å²) >= 11 is 2.20. The lowest BCUT2D eigenvalue weighted by molar-refractivity contribution is 0.183. The number of amides is 2. The lowest BCUT2D eigenvalue weighted by atomic mass is 10.3. The minimum atomic E-state index is -0.501. The number of urea groups is 1. The molecule has 0 saturated carbocycles. The summed E-state index contributed by atoms with van der Waals surface area (Å²) in [6.45, 7) is 1.72. The molecule has 0 spiro atoms. The predicted octanol–water partition coefficient (Wildman–Crippen LogP) is 3.54. The Morgan fingerprint density at radius 2 is 1.76 bits per heavy atom. The quantitative estimate of drug-likeness (QED) is 0.545. The number of nitrogens with one attached hydrogen (secondary N) is 2. The fourth-order valence-corrected chi connectivity index (χ4v) is 2.00. The number of phenolic OH excluding ortho intramolecular Hbond substituents is 1. The highest BCUT2D eigenvalue weighted by atomic mass is 127. The second-order valence-corrected chi connectivity index (χ2v) is 5.60. The summed E-state index contributed by atoms with van der Waals surface area (Å²) in [5.41, 5.74) is 0.713. The SMILES string of the molecule is CC(NC(=O)Nc1ccc(I)cc1)Oc1ccc(O)cc1. The molecule has 1 unspecified atom stereocenters. The molecule has 2 aromatic carbocycles. The van der Waals surface area contributed by atoms with Gasteiger partial charge in [0.15, 0.2) is 6.23 Å². The molecule has 2 amide bonds. The minimum absolute atomic E-state index is 0.166. The lowest BCUT2D eigenvalue weighted by Crippen LogP contribution is -2.39. The second-order valence-electron chi connectivity index (χ2n) is 4.36. The summed E-state index contributed by atoms with van der Waals surface area (Å²) in [6.07, 6.45) is -0.501. The summed E-state index contributed by atoms with van der Waals surface area (Å²) in [5, 5.41) is 14.6. The van der Waals surface area contributed by atoms with Crippen LogP contribution in [-0.4, -0.2) is 17.4 Å². The number of aromatic hydroxyl groups is 1.